The second-order valence-corrected chi connectivity index (χ2v) is 6.37. The molecule has 1 fully saturated rings. The zero-order chi connectivity index (χ0) is 12.7. The van der Waals surface area contributed by atoms with Gasteiger partial charge in [0.1, 0.15) is 0 Å². The van der Waals surface area contributed by atoms with Gasteiger partial charge in [0, 0.05) is 5.25 Å². The second kappa shape index (κ2) is 7.27. The Kier molecular flexibility index (Phi) is 6.34. The maximum atomic E-state index is 11.8. The van der Waals surface area contributed by atoms with Gasteiger partial charge in [0.15, 0.2) is 0 Å². The third-order valence-electron chi connectivity index (χ3n) is 3.45. The van der Waals surface area contributed by atoms with E-state index < -0.39 is 5.54 Å². The lowest BCUT2D eigenvalue weighted by Gasteiger charge is -2.39. The molecule has 1 rings (SSSR count). The van der Waals surface area contributed by atoms with Gasteiger partial charge in [-0.2, -0.15) is 11.8 Å². The fraction of sp³-hybridized carbons (Fsp3) is 0.923. The van der Waals surface area contributed by atoms with Crippen LogP contribution in [0.4, 0.5) is 0 Å². The lowest BCUT2D eigenvalue weighted by molar-refractivity contribution is -0.125. The number of carbonyl (C=O) groups is 1. The molecule has 0 spiro atoms. The SMILES string of the molecule is CCCNC1(C(N)=O)CCCC(SCCC)C1. The largest absolute Gasteiger partial charge is 0.368 e. The highest BCUT2D eigenvalue weighted by atomic mass is 32.2. The summed E-state index contributed by atoms with van der Waals surface area (Å²) in [6.45, 7) is 5.20. The van der Waals surface area contributed by atoms with Crippen LogP contribution in [0.25, 0.3) is 0 Å². The molecule has 4 heteroatoms. The number of primary amides is 1. The van der Waals surface area contributed by atoms with E-state index in [9.17, 15) is 4.79 Å². The van der Waals surface area contributed by atoms with E-state index in [0.717, 1.165) is 32.2 Å². The predicted octanol–water partition coefficient (Wildman–Crippen LogP) is 2.30. The van der Waals surface area contributed by atoms with Gasteiger partial charge in [0.05, 0.1) is 5.54 Å². The van der Waals surface area contributed by atoms with Crippen molar-refractivity contribution in [3.05, 3.63) is 0 Å². The van der Waals surface area contributed by atoms with E-state index in [1.807, 2.05) is 11.8 Å². The average molecular weight is 258 g/mol. The first-order chi connectivity index (χ1) is 8.14. The number of nitrogens with one attached hydrogen (secondary N) is 1. The van der Waals surface area contributed by atoms with Gasteiger partial charge in [0.25, 0.3) is 0 Å². The minimum Gasteiger partial charge on any atom is -0.368 e. The molecule has 0 aliphatic heterocycles. The number of hydrogen-bond donors (Lipinski definition) is 2. The molecule has 3 N–H and O–H groups in total. The summed E-state index contributed by atoms with van der Waals surface area (Å²) in [4.78, 5) is 11.8. The van der Waals surface area contributed by atoms with E-state index in [4.69, 9.17) is 5.73 Å². The standard InChI is InChI=1S/C13H26N2OS/c1-3-8-15-13(12(14)16)7-5-6-11(10-13)17-9-4-2/h11,15H,3-10H2,1-2H3,(H2,14,16). The van der Waals surface area contributed by atoms with Gasteiger partial charge >= 0.3 is 0 Å². The second-order valence-electron chi connectivity index (χ2n) is 4.96. The number of carbonyl (C=O) groups excluding carboxylic acids is 1. The Morgan fingerprint density at radius 2 is 2.24 bits per heavy atom. The smallest absolute Gasteiger partial charge is 0.237 e. The molecule has 3 nitrogen and oxygen atoms in total. The number of hydrogen-bond acceptors (Lipinski definition) is 3. The van der Waals surface area contributed by atoms with Crippen molar-refractivity contribution < 1.29 is 4.79 Å². The van der Waals surface area contributed by atoms with Gasteiger partial charge < -0.3 is 11.1 Å². The van der Waals surface area contributed by atoms with Gasteiger partial charge in [0.2, 0.25) is 5.91 Å². The van der Waals surface area contributed by atoms with Crippen LogP contribution in [0.1, 0.15) is 52.4 Å². The molecule has 0 bridgehead atoms. The molecule has 2 atom stereocenters. The van der Waals surface area contributed by atoms with Crippen LogP contribution < -0.4 is 11.1 Å². The first-order valence-corrected chi connectivity index (χ1v) is 7.86. The number of amides is 1. The number of thioether (sulfide) groups is 1. The Morgan fingerprint density at radius 3 is 2.82 bits per heavy atom. The van der Waals surface area contributed by atoms with Crippen molar-refractivity contribution in [2.75, 3.05) is 12.3 Å². The molecule has 100 valence electrons. The average Bonchev–Trinajstić information content (AvgIpc) is 2.34. The van der Waals surface area contributed by atoms with E-state index >= 15 is 0 Å². The summed E-state index contributed by atoms with van der Waals surface area (Å²) in [5.74, 6) is 1.03. The van der Waals surface area contributed by atoms with Crippen LogP contribution in [0, 0.1) is 0 Å². The van der Waals surface area contributed by atoms with Gasteiger partial charge in [-0.15, -0.1) is 0 Å². The summed E-state index contributed by atoms with van der Waals surface area (Å²) in [6, 6.07) is 0. The molecular formula is C13H26N2OS. The zero-order valence-electron chi connectivity index (χ0n) is 11.1. The number of rotatable bonds is 7. The molecule has 1 saturated carbocycles. The fourth-order valence-electron chi connectivity index (χ4n) is 2.49. The Bertz CT molecular complexity index is 248. The minimum absolute atomic E-state index is 0.159. The van der Waals surface area contributed by atoms with Gasteiger partial charge in [-0.05, 0) is 50.8 Å². The minimum atomic E-state index is -0.431. The van der Waals surface area contributed by atoms with Crippen LogP contribution in [0.2, 0.25) is 0 Å². The predicted molar refractivity (Wildman–Crippen MR) is 75.2 cm³/mol. The molecule has 2 unspecified atom stereocenters. The molecule has 0 heterocycles. The molecule has 0 aromatic heterocycles. The van der Waals surface area contributed by atoms with Gasteiger partial charge in [-0.1, -0.05) is 13.8 Å². The van der Waals surface area contributed by atoms with E-state index in [1.54, 1.807) is 0 Å². The van der Waals surface area contributed by atoms with Crippen molar-refractivity contribution in [1.82, 2.24) is 5.32 Å². The molecule has 1 aliphatic carbocycles. The quantitative estimate of drug-likeness (QED) is 0.736. The van der Waals surface area contributed by atoms with Crippen LogP contribution in [0.15, 0.2) is 0 Å². The van der Waals surface area contributed by atoms with Crippen LogP contribution in [-0.2, 0) is 4.79 Å². The molecule has 17 heavy (non-hydrogen) atoms. The van der Waals surface area contributed by atoms with Crippen LogP contribution in [-0.4, -0.2) is 29.0 Å². The molecule has 1 aliphatic rings. The Balaban J connectivity index is 2.59. The first-order valence-electron chi connectivity index (χ1n) is 6.81. The molecule has 0 saturated heterocycles. The summed E-state index contributed by atoms with van der Waals surface area (Å²) in [5, 5.41) is 4.00. The number of nitrogens with two attached hydrogens (primary N) is 1. The van der Waals surface area contributed by atoms with E-state index in [2.05, 4.69) is 19.2 Å². The van der Waals surface area contributed by atoms with Crippen molar-refractivity contribution in [2.24, 2.45) is 5.73 Å². The van der Waals surface area contributed by atoms with Crippen molar-refractivity contribution in [3.8, 4) is 0 Å². The van der Waals surface area contributed by atoms with Crippen LogP contribution >= 0.6 is 11.8 Å². The molecule has 0 aromatic carbocycles. The van der Waals surface area contributed by atoms with Crippen molar-refractivity contribution in [1.29, 1.82) is 0 Å². The lowest BCUT2D eigenvalue weighted by atomic mass is 9.80. The Labute approximate surface area is 109 Å². The Morgan fingerprint density at radius 1 is 1.47 bits per heavy atom. The van der Waals surface area contributed by atoms with E-state index in [1.165, 1.54) is 18.6 Å². The maximum absolute atomic E-state index is 11.8. The third kappa shape index (κ3) is 4.18. The van der Waals surface area contributed by atoms with Crippen LogP contribution in [0.5, 0.6) is 0 Å². The topological polar surface area (TPSA) is 55.1 Å². The highest BCUT2D eigenvalue weighted by Crippen LogP contribution is 2.35. The molecule has 0 radical (unpaired) electrons. The van der Waals surface area contributed by atoms with Crippen LogP contribution in [0.3, 0.4) is 0 Å². The van der Waals surface area contributed by atoms with Gasteiger partial charge in [-0.25, -0.2) is 0 Å². The van der Waals surface area contributed by atoms with E-state index in [-0.39, 0.29) is 5.91 Å². The summed E-state index contributed by atoms with van der Waals surface area (Å²) in [6.07, 6.45) is 6.40. The monoisotopic (exact) mass is 258 g/mol. The third-order valence-corrected chi connectivity index (χ3v) is 4.97. The summed E-state index contributed by atoms with van der Waals surface area (Å²) in [7, 11) is 0. The highest BCUT2D eigenvalue weighted by Gasteiger charge is 2.40. The normalized spacial score (nSPS) is 29.2. The zero-order valence-corrected chi connectivity index (χ0v) is 11.9. The van der Waals surface area contributed by atoms with Gasteiger partial charge in [-0.3, -0.25) is 4.79 Å². The Hall–Kier alpha value is -0.220. The van der Waals surface area contributed by atoms with E-state index in [0.29, 0.717) is 5.25 Å². The molecule has 1 amide bonds. The molecule has 0 aromatic rings. The first kappa shape index (κ1) is 14.8. The van der Waals surface area contributed by atoms with Crippen molar-refractivity contribution in [2.45, 2.75) is 63.2 Å². The summed E-state index contributed by atoms with van der Waals surface area (Å²) >= 11 is 2.00. The van der Waals surface area contributed by atoms with Crippen molar-refractivity contribution in [3.63, 3.8) is 0 Å². The molecular weight excluding hydrogens is 232 g/mol. The van der Waals surface area contributed by atoms with Crippen molar-refractivity contribution >= 4 is 17.7 Å². The lowest BCUT2D eigenvalue weighted by Crippen LogP contribution is -2.58. The summed E-state index contributed by atoms with van der Waals surface area (Å²) in [5.41, 5.74) is 5.19. The fourth-order valence-corrected chi connectivity index (χ4v) is 3.79. The highest BCUT2D eigenvalue weighted by molar-refractivity contribution is 7.99. The maximum Gasteiger partial charge on any atom is 0.237 e. The summed E-state index contributed by atoms with van der Waals surface area (Å²) < 4.78 is 0.